The summed E-state index contributed by atoms with van der Waals surface area (Å²) in [5.41, 5.74) is 8.88. The van der Waals surface area contributed by atoms with E-state index in [1.54, 1.807) is 35.9 Å². The van der Waals surface area contributed by atoms with Gasteiger partial charge in [0.05, 0.1) is 12.0 Å². The van der Waals surface area contributed by atoms with Gasteiger partial charge in [0.1, 0.15) is 29.3 Å². The highest BCUT2D eigenvalue weighted by atomic mass is 16.4. The number of rotatable bonds is 4. The Bertz CT molecular complexity index is 1230. The third kappa shape index (κ3) is 2.68. The van der Waals surface area contributed by atoms with E-state index in [0.29, 0.717) is 17.0 Å². The first-order valence-electron chi connectivity index (χ1n) is 8.58. The van der Waals surface area contributed by atoms with E-state index in [0.717, 1.165) is 16.5 Å². The van der Waals surface area contributed by atoms with Crippen LogP contribution >= 0.6 is 0 Å². The quantitative estimate of drug-likeness (QED) is 0.557. The third-order valence-electron chi connectivity index (χ3n) is 4.74. The Kier molecular flexibility index (Phi) is 4.09. The minimum absolute atomic E-state index is 0.0921. The smallest absolute Gasteiger partial charge is 0.326 e. The lowest BCUT2D eigenvalue weighted by atomic mass is 10.0. The van der Waals surface area contributed by atoms with Crippen LogP contribution in [0.5, 0.6) is 0 Å². The van der Waals surface area contributed by atoms with E-state index >= 15 is 0 Å². The average Bonchev–Trinajstić information content (AvgIpc) is 3.35. The summed E-state index contributed by atoms with van der Waals surface area (Å²) in [4.78, 5) is 15.9. The number of anilines is 1. The molecule has 0 unspecified atom stereocenters. The molecule has 4 aromatic rings. The van der Waals surface area contributed by atoms with Gasteiger partial charge in [-0.15, -0.1) is 0 Å². The van der Waals surface area contributed by atoms with Gasteiger partial charge in [0, 0.05) is 28.2 Å². The molecule has 0 radical (unpaired) electrons. The molecule has 7 nitrogen and oxygen atoms in total. The summed E-state index contributed by atoms with van der Waals surface area (Å²) < 4.78 is 7.14. The Morgan fingerprint density at radius 2 is 2.07 bits per heavy atom. The molecule has 4 rings (SSSR count). The number of pyridine rings is 1. The number of carbonyl (C=O) groups is 1. The van der Waals surface area contributed by atoms with Crippen LogP contribution in [0.15, 0.2) is 59.3 Å². The topological polar surface area (TPSA) is 118 Å². The van der Waals surface area contributed by atoms with Crippen molar-refractivity contribution < 1.29 is 14.3 Å². The normalized spacial score (nSPS) is 12.0. The van der Waals surface area contributed by atoms with Crippen LogP contribution in [-0.2, 0) is 4.79 Å². The zero-order chi connectivity index (χ0) is 19.8. The van der Waals surface area contributed by atoms with Crippen molar-refractivity contribution in [3.8, 4) is 28.7 Å². The molecule has 0 saturated heterocycles. The summed E-state index contributed by atoms with van der Waals surface area (Å²) in [5.74, 6) is -0.333. The SMILES string of the molecule is C[C@@H](C(=O)O)n1cc(-c2cc(-c3ccco3)c(C#N)c(N)n2)c2ccccc21. The van der Waals surface area contributed by atoms with Gasteiger partial charge < -0.3 is 19.8 Å². The Balaban J connectivity index is 1.99. The van der Waals surface area contributed by atoms with Crippen molar-refractivity contribution in [1.29, 1.82) is 5.26 Å². The molecule has 0 saturated carbocycles. The predicted octanol–water partition coefficient (Wildman–Crippen LogP) is 4.06. The number of fused-ring (bicyclic) bond motifs is 1. The summed E-state index contributed by atoms with van der Waals surface area (Å²) in [6.45, 7) is 1.62. The van der Waals surface area contributed by atoms with Crippen LogP contribution in [-0.4, -0.2) is 20.6 Å². The van der Waals surface area contributed by atoms with Crippen molar-refractivity contribution >= 4 is 22.7 Å². The Morgan fingerprint density at radius 3 is 2.75 bits per heavy atom. The van der Waals surface area contributed by atoms with Crippen LogP contribution in [0.1, 0.15) is 18.5 Å². The number of carboxylic acids is 1. The largest absolute Gasteiger partial charge is 0.480 e. The number of nitrogens with two attached hydrogens (primary N) is 1. The fourth-order valence-corrected chi connectivity index (χ4v) is 3.29. The molecule has 0 fully saturated rings. The molecule has 0 aliphatic carbocycles. The van der Waals surface area contributed by atoms with Crippen molar-refractivity contribution in [1.82, 2.24) is 9.55 Å². The van der Waals surface area contributed by atoms with Crippen LogP contribution in [0, 0.1) is 11.3 Å². The monoisotopic (exact) mass is 372 g/mol. The van der Waals surface area contributed by atoms with Crippen LogP contribution < -0.4 is 5.73 Å². The molecule has 3 heterocycles. The minimum atomic E-state index is -0.934. The number of carboxylic acid groups (broad SMARTS) is 1. The summed E-state index contributed by atoms with van der Waals surface area (Å²) >= 11 is 0. The lowest BCUT2D eigenvalue weighted by Crippen LogP contribution is -2.14. The van der Waals surface area contributed by atoms with E-state index in [9.17, 15) is 15.2 Å². The molecule has 3 aromatic heterocycles. The lowest BCUT2D eigenvalue weighted by molar-refractivity contribution is -0.140. The number of hydrogen-bond donors (Lipinski definition) is 2. The van der Waals surface area contributed by atoms with E-state index in [1.807, 2.05) is 24.3 Å². The standard InChI is InChI=1S/C21H16N4O3/c1-12(21(26)27)25-11-16(13-5-2-3-6-18(13)25)17-9-14(19-7-4-8-28-19)15(10-22)20(23)24-17/h2-9,11-12H,1H3,(H2,23,24)(H,26,27)/t12-/m0/s1. The second kappa shape index (κ2) is 6.59. The van der Waals surface area contributed by atoms with E-state index in [1.165, 1.54) is 6.26 Å². The second-order valence-electron chi connectivity index (χ2n) is 6.39. The number of benzene rings is 1. The van der Waals surface area contributed by atoms with Gasteiger partial charge in [-0.05, 0) is 31.2 Å². The average molecular weight is 372 g/mol. The molecule has 0 bridgehead atoms. The summed E-state index contributed by atoms with van der Waals surface area (Å²) in [7, 11) is 0. The van der Waals surface area contributed by atoms with Gasteiger partial charge in [-0.1, -0.05) is 18.2 Å². The maximum atomic E-state index is 11.5. The predicted molar refractivity (Wildman–Crippen MR) is 104 cm³/mol. The molecule has 0 aliphatic rings. The summed E-state index contributed by atoms with van der Waals surface area (Å²) in [6, 6.07) is 14.0. The number of hydrogen-bond acceptors (Lipinski definition) is 5. The number of aromatic nitrogens is 2. The Hall–Kier alpha value is -4.05. The molecular formula is C21H16N4O3. The number of para-hydroxylation sites is 1. The van der Waals surface area contributed by atoms with Crippen molar-refractivity contribution in [2.45, 2.75) is 13.0 Å². The van der Waals surface area contributed by atoms with Crippen LogP contribution in [0.25, 0.3) is 33.5 Å². The number of nitrogen functional groups attached to an aromatic ring is 1. The Morgan fingerprint density at radius 1 is 1.29 bits per heavy atom. The van der Waals surface area contributed by atoms with Gasteiger partial charge in [0.25, 0.3) is 0 Å². The maximum Gasteiger partial charge on any atom is 0.326 e. The molecule has 7 heteroatoms. The zero-order valence-corrected chi connectivity index (χ0v) is 15.0. The van der Waals surface area contributed by atoms with Gasteiger partial charge in [0.15, 0.2) is 0 Å². The summed E-state index contributed by atoms with van der Waals surface area (Å²) in [6.07, 6.45) is 3.27. The van der Waals surface area contributed by atoms with Crippen LogP contribution in [0.2, 0.25) is 0 Å². The first kappa shape index (κ1) is 17.4. The van der Waals surface area contributed by atoms with E-state index in [2.05, 4.69) is 11.1 Å². The van der Waals surface area contributed by atoms with Crippen LogP contribution in [0.4, 0.5) is 5.82 Å². The highest BCUT2D eigenvalue weighted by molar-refractivity contribution is 5.97. The molecule has 0 spiro atoms. The summed E-state index contributed by atoms with van der Waals surface area (Å²) in [5, 5.41) is 19.8. The van der Waals surface area contributed by atoms with Gasteiger partial charge >= 0.3 is 5.97 Å². The molecule has 0 aliphatic heterocycles. The number of furan rings is 1. The number of nitriles is 1. The van der Waals surface area contributed by atoms with Gasteiger partial charge in [0.2, 0.25) is 0 Å². The highest BCUT2D eigenvalue weighted by Crippen LogP contribution is 2.36. The fourth-order valence-electron chi connectivity index (χ4n) is 3.29. The van der Waals surface area contributed by atoms with Crippen molar-refractivity contribution in [2.75, 3.05) is 5.73 Å². The maximum absolute atomic E-state index is 11.5. The van der Waals surface area contributed by atoms with Crippen molar-refractivity contribution in [2.24, 2.45) is 0 Å². The molecule has 1 atom stereocenters. The third-order valence-corrected chi connectivity index (χ3v) is 4.74. The molecule has 3 N–H and O–H groups in total. The van der Waals surface area contributed by atoms with Gasteiger partial charge in [-0.3, -0.25) is 0 Å². The van der Waals surface area contributed by atoms with E-state index in [-0.39, 0.29) is 11.4 Å². The second-order valence-corrected chi connectivity index (χ2v) is 6.39. The van der Waals surface area contributed by atoms with Gasteiger partial charge in [-0.25, -0.2) is 9.78 Å². The molecular weight excluding hydrogens is 356 g/mol. The van der Waals surface area contributed by atoms with Crippen molar-refractivity contribution in [3.05, 3.63) is 60.5 Å². The number of nitrogens with zero attached hydrogens (tertiary/aromatic N) is 3. The number of aliphatic carboxylic acids is 1. The molecule has 1 aromatic carbocycles. The van der Waals surface area contributed by atoms with E-state index in [4.69, 9.17) is 10.2 Å². The van der Waals surface area contributed by atoms with Crippen LogP contribution in [0.3, 0.4) is 0 Å². The molecule has 138 valence electrons. The van der Waals surface area contributed by atoms with Crippen molar-refractivity contribution in [3.63, 3.8) is 0 Å². The first-order chi connectivity index (χ1) is 13.5. The zero-order valence-electron chi connectivity index (χ0n) is 15.0. The molecule has 0 amide bonds. The van der Waals surface area contributed by atoms with Gasteiger partial charge in [-0.2, -0.15) is 5.26 Å². The van der Waals surface area contributed by atoms with E-state index < -0.39 is 12.0 Å². The fraction of sp³-hybridized carbons (Fsp3) is 0.0952. The highest BCUT2D eigenvalue weighted by Gasteiger charge is 2.21. The Labute approximate surface area is 160 Å². The first-order valence-corrected chi connectivity index (χ1v) is 8.58. The minimum Gasteiger partial charge on any atom is -0.480 e. The molecule has 28 heavy (non-hydrogen) atoms. The lowest BCUT2D eigenvalue weighted by Gasteiger charge is -2.09.